The Kier molecular flexibility index (Phi) is 2.74. The van der Waals surface area contributed by atoms with Crippen molar-refractivity contribution in [3.05, 3.63) is 29.3 Å². The predicted molar refractivity (Wildman–Crippen MR) is 70.1 cm³/mol. The van der Waals surface area contributed by atoms with Crippen molar-refractivity contribution in [1.82, 2.24) is 0 Å². The van der Waals surface area contributed by atoms with Gasteiger partial charge in [-0.25, -0.2) is 0 Å². The molecular weight excluding hydrogens is 212 g/mol. The van der Waals surface area contributed by atoms with Gasteiger partial charge < -0.3 is 10.6 Å². The van der Waals surface area contributed by atoms with Gasteiger partial charge in [-0.15, -0.1) is 0 Å². The van der Waals surface area contributed by atoms with Gasteiger partial charge in [-0.05, 0) is 39.3 Å². The summed E-state index contributed by atoms with van der Waals surface area (Å²) in [6.45, 7) is 8.15. The van der Waals surface area contributed by atoms with Crippen molar-refractivity contribution in [2.45, 2.75) is 45.7 Å². The first-order chi connectivity index (χ1) is 7.84. The molecule has 1 amide bonds. The topological polar surface area (TPSA) is 46.3 Å². The van der Waals surface area contributed by atoms with E-state index in [4.69, 9.17) is 5.73 Å². The summed E-state index contributed by atoms with van der Waals surface area (Å²) >= 11 is 0. The van der Waals surface area contributed by atoms with Crippen LogP contribution in [0, 0.1) is 13.8 Å². The van der Waals surface area contributed by atoms with E-state index in [1.807, 2.05) is 37.8 Å². The molecule has 0 aliphatic carbocycles. The molecule has 1 aromatic carbocycles. The summed E-state index contributed by atoms with van der Waals surface area (Å²) in [6.07, 6.45) is 0.431. The monoisotopic (exact) mass is 232 g/mol. The highest BCUT2D eigenvalue weighted by atomic mass is 16.2. The minimum Gasteiger partial charge on any atom is -0.325 e. The number of carbonyl (C=O) groups excluding carboxylic acids is 1. The molecule has 0 bridgehead atoms. The van der Waals surface area contributed by atoms with Crippen LogP contribution in [0.1, 0.15) is 31.4 Å². The highest BCUT2D eigenvalue weighted by Gasteiger charge is 2.45. The lowest BCUT2D eigenvalue weighted by Gasteiger charge is -2.35. The summed E-state index contributed by atoms with van der Waals surface area (Å²) in [6, 6.07) is 6.05. The Balaban J connectivity index is 2.49. The van der Waals surface area contributed by atoms with Crippen molar-refractivity contribution >= 4 is 11.6 Å². The Morgan fingerprint density at radius 2 is 2.00 bits per heavy atom. The van der Waals surface area contributed by atoms with Crippen molar-refractivity contribution in [3.8, 4) is 0 Å². The summed E-state index contributed by atoms with van der Waals surface area (Å²) in [4.78, 5) is 13.9. The van der Waals surface area contributed by atoms with Crippen molar-refractivity contribution in [2.75, 3.05) is 4.90 Å². The van der Waals surface area contributed by atoms with Gasteiger partial charge in [0, 0.05) is 18.2 Å². The van der Waals surface area contributed by atoms with Gasteiger partial charge in [-0.3, -0.25) is 4.79 Å². The molecule has 17 heavy (non-hydrogen) atoms. The number of aryl methyl sites for hydroxylation is 2. The number of hydrogen-bond donors (Lipinski definition) is 1. The molecule has 3 heteroatoms. The molecule has 92 valence electrons. The second-order valence-corrected chi connectivity index (χ2v) is 5.48. The zero-order valence-corrected chi connectivity index (χ0v) is 10.9. The minimum atomic E-state index is -0.308. The molecule has 1 heterocycles. The average Bonchev–Trinajstić information content (AvgIpc) is 2.39. The second-order valence-electron chi connectivity index (χ2n) is 5.48. The van der Waals surface area contributed by atoms with E-state index in [1.165, 1.54) is 5.56 Å². The Bertz CT molecular complexity index is 465. The lowest BCUT2D eigenvalue weighted by molar-refractivity contribution is -0.117. The largest absolute Gasteiger partial charge is 0.325 e. The highest BCUT2D eigenvalue weighted by Crippen LogP contribution is 2.35. The van der Waals surface area contributed by atoms with Crippen molar-refractivity contribution in [2.24, 2.45) is 5.73 Å². The van der Waals surface area contributed by atoms with Crippen LogP contribution in [0.25, 0.3) is 0 Å². The van der Waals surface area contributed by atoms with Crippen LogP contribution in [-0.4, -0.2) is 17.5 Å². The number of amides is 1. The fraction of sp³-hybridized carbons (Fsp3) is 0.500. The van der Waals surface area contributed by atoms with Gasteiger partial charge >= 0.3 is 0 Å². The van der Waals surface area contributed by atoms with Crippen LogP contribution >= 0.6 is 0 Å². The fourth-order valence-corrected chi connectivity index (χ4v) is 2.52. The van der Waals surface area contributed by atoms with Gasteiger partial charge in [0.25, 0.3) is 0 Å². The molecule has 3 nitrogen and oxygen atoms in total. The SMILES string of the molecule is Cc1ccc(N2C(=O)CC(N)C2(C)C)c(C)c1. The third-order valence-electron chi connectivity index (χ3n) is 3.72. The van der Waals surface area contributed by atoms with Gasteiger partial charge in [0.2, 0.25) is 5.91 Å². The third-order valence-corrected chi connectivity index (χ3v) is 3.72. The maximum Gasteiger partial charge on any atom is 0.229 e. The quantitative estimate of drug-likeness (QED) is 0.806. The molecule has 1 aromatic rings. The lowest BCUT2D eigenvalue weighted by atomic mass is 9.95. The zero-order chi connectivity index (χ0) is 12.8. The Morgan fingerprint density at radius 3 is 2.47 bits per heavy atom. The van der Waals surface area contributed by atoms with Crippen LogP contribution in [-0.2, 0) is 4.79 Å². The van der Waals surface area contributed by atoms with Crippen molar-refractivity contribution in [1.29, 1.82) is 0 Å². The van der Waals surface area contributed by atoms with E-state index in [1.54, 1.807) is 0 Å². The van der Waals surface area contributed by atoms with Crippen LogP contribution < -0.4 is 10.6 Å². The van der Waals surface area contributed by atoms with Gasteiger partial charge in [-0.1, -0.05) is 17.7 Å². The summed E-state index contributed by atoms with van der Waals surface area (Å²) < 4.78 is 0. The van der Waals surface area contributed by atoms with Crippen molar-refractivity contribution in [3.63, 3.8) is 0 Å². The zero-order valence-electron chi connectivity index (χ0n) is 10.9. The molecule has 2 rings (SSSR count). The average molecular weight is 232 g/mol. The number of benzene rings is 1. The van der Waals surface area contributed by atoms with Gasteiger partial charge in [0.05, 0.1) is 5.54 Å². The van der Waals surface area contributed by atoms with Crippen molar-refractivity contribution < 1.29 is 4.79 Å². The summed E-state index contributed by atoms with van der Waals surface area (Å²) in [5, 5.41) is 0. The smallest absolute Gasteiger partial charge is 0.229 e. The Labute approximate surface area is 103 Å². The first-order valence-electron chi connectivity index (χ1n) is 6.00. The molecule has 2 N–H and O–H groups in total. The second kappa shape index (κ2) is 3.84. The maximum absolute atomic E-state index is 12.1. The molecule has 1 saturated heterocycles. The first-order valence-corrected chi connectivity index (χ1v) is 6.00. The number of anilines is 1. The Hall–Kier alpha value is -1.35. The van der Waals surface area contributed by atoms with Gasteiger partial charge in [0.1, 0.15) is 0 Å². The number of hydrogen-bond acceptors (Lipinski definition) is 2. The Morgan fingerprint density at radius 1 is 1.35 bits per heavy atom. The number of carbonyl (C=O) groups is 1. The standard InChI is InChI=1S/C14H20N2O/c1-9-5-6-11(10(2)7-9)16-13(17)8-12(15)14(16,3)4/h5-7,12H,8,15H2,1-4H3. The van der Waals surface area contributed by atoms with Crippen LogP contribution in [0.2, 0.25) is 0 Å². The molecule has 1 aliphatic heterocycles. The molecule has 0 saturated carbocycles. The first kappa shape index (κ1) is 12.1. The molecular formula is C14H20N2O. The van der Waals surface area contributed by atoms with Crippen LogP contribution in [0.15, 0.2) is 18.2 Å². The molecule has 0 spiro atoms. The van der Waals surface area contributed by atoms with E-state index in [9.17, 15) is 4.79 Å². The van der Waals surface area contributed by atoms with Crippen LogP contribution in [0.4, 0.5) is 5.69 Å². The van der Waals surface area contributed by atoms with E-state index in [0.717, 1.165) is 11.3 Å². The highest BCUT2D eigenvalue weighted by molar-refractivity contribution is 5.98. The number of rotatable bonds is 1. The van der Waals surface area contributed by atoms with Gasteiger partial charge in [0.15, 0.2) is 0 Å². The molecule has 1 fully saturated rings. The molecule has 1 unspecified atom stereocenters. The van der Waals surface area contributed by atoms with E-state index >= 15 is 0 Å². The summed E-state index contributed by atoms with van der Waals surface area (Å²) in [5.74, 6) is 0.120. The maximum atomic E-state index is 12.1. The number of nitrogens with zero attached hydrogens (tertiary/aromatic N) is 1. The molecule has 0 radical (unpaired) electrons. The van der Waals surface area contributed by atoms with E-state index in [-0.39, 0.29) is 17.5 Å². The predicted octanol–water partition coefficient (Wildman–Crippen LogP) is 2.15. The molecule has 1 atom stereocenters. The summed E-state index contributed by atoms with van der Waals surface area (Å²) in [5.41, 5.74) is 9.06. The molecule has 1 aliphatic rings. The van der Waals surface area contributed by atoms with E-state index < -0.39 is 0 Å². The normalized spacial score (nSPS) is 23.2. The third kappa shape index (κ3) is 1.84. The van der Waals surface area contributed by atoms with Crippen LogP contribution in [0.5, 0.6) is 0 Å². The number of nitrogens with two attached hydrogens (primary N) is 1. The fourth-order valence-electron chi connectivity index (χ4n) is 2.52. The molecule has 0 aromatic heterocycles. The van der Waals surface area contributed by atoms with E-state index in [0.29, 0.717) is 6.42 Å². The summed E-state index contributed by atoms with van der Waals surface area (Å²) in [7, 11) is 0. The minimum absolute atomic E-state index is 0.101. The van der Waals surface area contributed by atoms with Crippen LogP contribution in [0.3, 0.4) is 0 Å². The lowest BCUT2D eigenvalue weighted by Crippen LogP contribution is -2.50. The van der Waals surface area contributed by atoms with E-state index in [2.05, 4.69) is 13.0 Å². The van der Waals surface area contributed by atoms with Gasteiger partial charge in [-0.2, -0.15) is 0 Å².